The molecule has 0 aliphatic rings. The van der Waals surface area contributed by atoms with Gasteiger partial charge in [-0.3, -0.25) is 4.79 Å². The van der Waals surface area contributed by atoms with Gasteiger partial charge in [0.05, 0.1) is 23.1 Å². The van der Waals surface area contributed by atoms with Crippen molar-refractivity contribution in [2.45, 2.75) is 20.1 Å². The van der Waals surface area contributed by atoms with E-state index in [2.05, 4.69) is 0 Å². The SMILES string of the molecule is CCn1ccc(=O)c2cc(F)c(-c3cccc(CO)c3)c(F)c21. The van der Waals surface area contributed by atoms with Crippen molar-refractivity contribution in [3.8, 4) is 11.1 Å². The maximum absolute atomic E-state index is 15.0. The maximum atomic E-state index is 15.0. The molecule has 1 heterocycles. The highest BCUT2D eigenvalue weighted by Crippen LogP contribution is 2.31. The van der Waals surface area contributed by atoms with Crippen molar-refractivity contribution in [3.05, 3.63) is 70.0 Å². The van der Waals surface area contributed by atoms with Crippen molar-refractivity contribution in [3.63, 3.8) is 0 Å². The lowest BCUT2D eigenvalue weighted by molar-refractivity contribution is 0.282. The minimum atomic E-state index is -0.795. The summed E-state index contributed by atoms with van der Waals surface area (Å²) in [6, 6.07) is 8.78. The summed E-state index contributed by atoms with van der Waals surface area (Å²) in [6.45, 7) is 2.05. The van der Waals surface area contributed by atoms with Gasteiger partial charge < -0.3 is 9.67 Å². The van der Waals surface area contributed by atoms with Gasteiger partial charge in [0, 0.05) is 18.8 Å². The fourth-order valence-corrected chi connectivity index (χ4v) is 2.75. The number of benzene rings is 2. The van der Waals surface area contributed by atoms with E-state index in [-0.39, 0.29) is 23.1 Å². The smallest absolute Gasteiger partial charge is 0.189 e. The third-order valence-corrected chi connectivity index (χ3v) is 3.89. The Hall–Kier alpha value is -2.53. The Morgan fingerprint density at radius 2 is 1.96 bits per heavy atom. The Morgan fingerprint density at radius 1 is 1.17 bits per heavy atom. The predicted molar refractivity (Wildman–Crippen MR) is 85.2 cm³/mol. The second-order valence-electron chi connectivity index (χ2n) is 5.27. The minimum Gasteiger partial charge on any atom is -0.392 e. The van der Waals surface area contributed by atoms with Gasteiger partial charge in [-0.15, -0.1) is 0 Å². The first-order chi connectivity index (χ1) is 11.1. The highest BCUT2D eigenvalue weighted by atomic mass is 19.1. The molecule has 0 aliphatic carbocycles. The molecule has 118 valence electrons. The zero-order valence-corrected chi connectivity index (χ0v) is 12.5. The molecule has 0 saturated carbocycles. The van der Waals surface area contributed by atoms with Crippen LogP contribution < -0.4 is 5.43 Å². The molecule has 0 radical (unpaired) electrons. The molecule has 0 atom stereocenters. The molecular formula is C18H15F2NO2. The molecule has 3 aromatic rings. The molecule has 0 aliphatic heterocycles. The highest BCUT2D eigenvalue weighted by Gasteiger charge is 2.19. The summed E-state index contributed by atoms with van der Waals surface area (Å²) in [7, 11) is 0. The van der Waals surface area contributed by atoms with E-state index >= 15 is 4.39 Å². The zero-order valence-electron chi connectivity index (χ0n) is 12.5. The fraction of sp³-hybridized carbons (Fsp3) is 0.167. The monoisotopic (exact) mass is 315 g/mol. The standard InChI is InChI=1S/C18H15F2NO2/c1-2-21-7-6-15(23)13-9-14(19)16(17(20)18(13)21)12-5-3-4-11(8-12)10-22/h3-9,22H,2,10H2,1H3. The maximum Gasteiger partial charge on any atom is 0.189 e. The number of aliphatic hydroxyl groups excluding tert-OH is 1. The van der Waals surface area contributed by atoms with Gasteiger partial charge in [-0.25, -0.2) is 8.78 Å². The first-order valence-electron chi connectivity index (χ1n) is 7.28. The molecule has 0 saturated heterocycles. The molecular weight excluding hydrogens is 300 g/mol. The molecule has 0 unspecified atom stereocenters. The number of fused-ring (bicyclic) bond motifs is 1. The number of hydrogen-bond acceptors (Lipinski definition) is 2. The van der Waals surface area contributed by atoms with E-state index in [4.69, 9.17) is 0 Å². The van der Waals surface area contributed by atoms with Gasteiger partial charge in [-0.2, -0.15) is 0 Å². The lowest BCUT2D eigenvalue weighted by Crippen LogP contribution is -2.10. The number of hydrogen-bond donors (Lipinski definition) is 1. The summed E-state index contributed by atoms with van der Waals surface area (Å²) < 4.78 is 31.1. The third kappa shape index (κ3) is 2.53. The van der Waals surface area contributed by atoms with Gasteiger partial charge in [0.2, 0.25) is 0 Å². The predicted octanol–water partition coefficient (Wildman–Crippen LogP) is 3.46. The number of halogens is 2. The van der Waals surface area contributed by atoms with Crippen LogP contribution in [0.3, 0.4) is 0 Å². The molecule has 1 N–H and O–H groups in total. The quantitative estimate of drug-likeness (QED) is 0.804. The van der Waals surface area contributed by atoms with Crippen LogP contribution in [0.2, 0.25) is 0 Å². The largest absolute Gasteiger partial charge is 0.392 e. The zero-order chi connectivity index (χ0) is 16.6. The number of nitrogens with zero attached hydrogens (tertiary/aromatic N) is 1. The van der Waals surface area contributed by atoms with E-state index in [1.54, 1.807) is 22.8 Å². The lowest BCUT2D eigenvalue weighted by atomic mass is 10.00. The topological polar surface area (TPSA) is 42.2 Å². The average molecular weight is 315 g/mol. The Kier molecular flexibility index (Phi) is 3.96. The van der Waals surface area contributed by atoms with Gasteiger partial charge in [0.1, 0.15) is 5.82 Å². The van der Waals surface area contributed by atoms with Gasteiger partial charge in [-0.05, 0) is 30.2 Å². The number of pyridine rings is 1. The summed E-state index contributed by atoms with van der Waals surface area (Å²) in [6.07, 6.45) is 1.50. The molecule has 0 amide bonds. The van der Waals surface area contributed by atoms with E-state index in [0.29, 0.717) is 17.7 Å². The molecule has 3 rings (SSSR count). The van der Waals surface area contributed by atoms with Crippen molar-refractivity contribution < 1.29 is 13.9 Å². The minimum absolute atomic E-state index is 0.0198. The van der Waals surface area contributed by atoms with Gasteiger partial charge in [0.25, 0.3) is 0 Å². The summed E-state index contributed by atoms with van der Waals surface area (Å²) >= 11 is 0. The average Bonchev–Trinajstić information content (AvgIpc) is 2.56. The molecule has 23 heavy (non-hydrogen) atoms. The first kappa shape index (κ1) is 15.4. The van der Waals surface area contributed by atoms with Crippen LogP contribution in [-0.2, 0) is 13.2 Å². The van der Waals surface area contributed by atoms with Crippen molar-refractivity contribution in [2.75, 3.05) is 0 Å². The van der Waals surface area contributed by atoms with Gasteiger partial charge in [0.15, 0.2) is 11.2 Å². The molecule has 0 bridgehead atoms. The van der Waals surface area contributed by atoms with Crippen LogP contribution in [-0.4, -0.2) is 9.67 Å². The summed E-state index contributed by atoms with van der Waals surface area (Å²) in [5, 5.41) is 9.22. The van der Waals surface area contributed by atoms with Crippen LogP contribution in [0.1, 0.15) is 12.5 Å². The summed E-state index contributed by atoms with van der Waals surface area (Å²) in [5.74, 6) is -1.56. The third-order valence-electron chi connectivity index (χ3n) is 3.89. The van der Waals surface area contributed by atoms with E-state index in [0.717, 1.165) is 6.07 Å². The second-order valence-corrected chi connectivity index (χ2v) is 5.27. The van der Waals surface area contributed by atoms with Gasteiger partial charge in [-0.1, -0.05) is 18.2 Å². The number of aryl methyl sites for hydroxylation is 1. The van der Waals surface area contributed by atoms with Crippen LogP contribution in [0.15, 0.2) is 47.4 Å². The van der Waals surface area contributed by atoms with Crippen LogP contribution in [0, 0.1) is 11.6 Å². The first-order valence-corrected chi connectivity index (χ1v) is 7.28. The van der Waals surface area contributed by atoms with Crippen molar-refractivity contribution in [1.29, 1.82) is 0 Å². The second kappa shape index (κ2) is 5.93. The van der Waals surface area contributed by atoms with E-state index < -0.39 is 17.1 Å². The Balaban J connectivity index is 2.40. The fourth-order valence-electron chi connectivity index (χ4n) is 2.75. The van der Waals surface area contributed by atoms with Crippen LogP contribution >= 0.6 is 0 Å². The van der Waals surface area contributed by atoms with Crippen LogP contribution in [0.25, 0.3) is 22.0 Å². The van der Waals surface area contributed by atoms with Crippen molar-refractivity contribution >= 4 is 10.9 Å². The molecule has 1 aromatic heterocycles. The number of aromatic nitrogens is 1. The van der Waals surface area contributed by atoms with Crippen LogP contribution in [0.4, 0.5) is 8.78 Å². The molecule has 2 aromatic carbocycles. The number of aliphatic hydroxyl groups is 1. The molecule has 3 nitrogen and oxygen atoms in total. The van der Waals surface area contributed by atoms with Crippen molar-refractivity contribution in [1.82, 2.24) is 4.57 Å². The normalized spacial score (nSPS) is 11.1. The van der Waals surface area contributed by atoms with E-state index in [9.17, 15) is 14.3 Å². The Labute approximate surface area is 131 Å². The van der Waals surface area contributed by atoms with E-state index in [1.807, 2.05) is 6.92 Å². The Morgan fingerprint density at radius 3 is 2.65 bits per heavy atom. The molecule has 0 fully saturated rings. The summed E-state index contributed by atoms with van der Waals surface area (Å²) in [4.78, 5) is 11.9. The number of rotatable bonds is 3. The lowest BCUT2D eigenvalue weighted by Gasteiger charge is -2.13. The van der Waals surface area contributed by atoms with Crippen LogP contribution in [0.5, 0.6) is 0 Å². The van der Waals surface area contributed by atoms with Crippen molar-refractivity contribution in [2.24, 2.45) is 0 Å². The molecule has 5 heteroatoms. The Bertz CT molecular complexity index is 948. The summed E-state index contributed by atoms with van der Waals surface area (Å²) in [5.41, 5.74) is 0.360. The van der Waals surface area contributed by atoms with E-state index in [1.165, 1.54) is 18.3 Å². The molecule has 0 spiro atoms. The highest BCUT2D eigenvalue weighted by molar-refractivity contribution is 5.86. The van der Waals surface area contributed by atoms with Gasteiger partial charge >= 0.3 is 0 Å².